The second kappa shape index (κ2) is 7.16. The van der Waals surface area contributed by atoms with Crippen molar-refractivity contribution >= 4 is 27.8 Å². The summed E-state index contributed by atoms with van der Waals surface area (Å²) in [6.45, 7) is 0. The van der Waals surface area contributed by atoms with Crippen LogP contribution in [0.2, 0.25) is 0 Å². The molecule has 0 bridgehead atoms. The maximum Gasteiger partial charge on any atom is 0.419 e. The van der Waals surface area contributed by atoms with E-state index in [9.17, 15) is 22.4 Å². The Bertz CT molecular complexity index is 1600. The Morgan fingerprint density at radius 3 is 2.39 bits per heavy atom. The molecule has 0 aliphatic rings. The van der Waals surface area contributed by atoms with Crippen molar-refractivity contribution in [3.8, 4) is 16.8 Å². The molecule has 0 aliphatic heterocycles. The maximum absolute atomic E-state index is 13.9. The number of aryl methyl sites for hydroxylation is 1. The summed E-state index contributed by atoms with van der Waals surface area (Å²) in [5, 5.41) is 0.539. The zero-order valence-corrected chi connectivity index (χ0v) is 17.1. The van der Waals surface area contributed by atoms with Crippen molar-refractivity contribution in [2.24, 2.45) is 7.05 Å². The minimum atomic E-state index is -4.91. The van der Waals surface area contributed by atoms with E-state index in [4.69, 9.17) is 5.73 Å². The van der Waals surface area contributed by atoms with Crippen LogP contribution in [0.15, 0.2) is 65.7 Å². The van der Waals surface area contributed by atoms with Gasteiger partial charge in [0.1, 0.15) is 11.6 Å². The average Bonchev–Trinajstić information content (AvgIpc) is 3.04. The van der Waals surface area contributed by atoms with Crippen LogP contribution in [0.25, 0.3) is 38.8 Å². The first-order chi connectivity index (χ1) is 15.6. The first kappa shape index (κ1) is 20.7. The molecule has 3 aromatic heterocycles. The van der Waals surface area contributed by atoms with Crippen LogP contribution < -0.4 is 11.4 Å². The Kier molecular flexibility index (Phi) is 4.48. The van der Waals surface area contributed by atoms with E-state index in [1.54, 1.807) is 30.5 Å². The van der Waals surface area contributed by atoms with Gasteiger partial charge in [0.15, 0.2) is 0 Å². The van der Waals surface area contributed by atoms with Crippen LogP contribution in [0.4, 0.5) is 23.4 Å². The van der Waals surface area contributed by atoms with E-state index in [2.05, 4.69) is 9.97 Å². The number of benzene rings is 2. The summed E-state index contributed by atoms with van der Waals surface area (Å²) >= 11 is 0. The number of pyridine rings is 2. The van der Waals surface area contributed by atoms with E-state index in [0.29, 0.717) is 39.9 Å². The predicted octanol–water partition coefficient (Wildman–Crippen LogP) is 4.68. The lowest BCUT2D eigenvalue weighted by molar-refractivity contribution is -0.140. The van der Waals surface area contributed by atoms with Gasteiger partial charge in [-0.15, -0.1) is 0 Å². The number of aromatic nitrogens is 4. The molecule has 2 aromatic carbocycles. The third kappa shape index (κ3) is 3.30. The average molecular weight is 453 g/mol. The van der Waals surface area contributed by atoms with E-state index in [-0.39, 0.29) is 5.69 Å². The monoisotopic (exact) mass is 453 g/mol. The van der Waals surface area contributed by atoms with Crippen molar-refractivity contribution in [1.29, 1.82) is 0 Å². The molecule has 10 heteroatoms. The molecule has 166 valence electrons. The van der Waals surface area contributed by atoms with Gasteiger partial charge in [0.25, 0.3) is 0 Å². The first-order valence-electron chi connectivity index (χ1n) is 9.74. The molecular formula is C23H15F4N5O. The molecule has 0 atom stereocenters. The van der Waals surface area contributed by atoms with Crippen molar-refractivity contribution in [1.82, 2.24) is 19.1 Å². The third-order valence-corrected chi connectivity index (χ3v) is 5.52. The zero-order chi connectivity index (χ0) is 23.5. The van der Waals surface area contributed by atoms with Gasteiger partial charge >= 0.3 is 11.9 Å². The van der Waals surface area contributed by atoms with Gasteiger partial charge in [-0.2, -0.15) is 13.2 Å². The van der Waals surface area contributed by atoms with Crippen LogP contribution in [-0.2, 0) is 13.2 Å². The fourth-order valence-corrected chi connectivity index (χ4v) is 3.86. The number of nitrogens with two attached hydrogens (primary N) is 1. The second-order valence-electron chi connectivity index (χ2n) is 7.53. The predicted molar refractivity (Wildman–Crippen MR) is 116 cm³/mol. The highest BCUT2D eigenvalue weighted by molar-refractivity contribution is 6.04. The van der Waals surface area contributed by atoms with Gasteiger partial charge in [-0.1, -0.05) is 6.07 Å². The van der Waals surface area contributed by atoms with Crippen molar-refractivity contribution < 1.29 is 17.6 Å². The zero-order valence-electron chi connectivity index (χ0n) is 17.1. The quantitative estimate of drug-likeness (QED) is 0.394. The van der Waals surface area contributed by atoms with E-state index < -0.39 is 23.2 Å². The lowest BCUT2D eigenvalue weighted by atomic mass is 10.0. The molecule has 5 aromatic rings. The van der Waals surface area contributed by atoms with Gasteiger partial charge in [0.2, 0.25) is 0 Å². The van der Waals surface area contributed by atoms with Crippen molar-refractivity contribution in [3.05, 3.63) is 82.8 Å². The number of hydrogen-bond acceptors (Lipinski definition) is 4. The minimum Gasteiger partial charge on any atom is -0.384 e. The Balaban J connectivity index is 1.85. The highest BCUT2D eigenvalue weighted by Gasteiger charge is 2.34. The Labute approximate surface area is 183 Å². The Hall–Kier alpha value is -4.21. The fourth-order valence-electron chi connectivity index (χ4n) is 3.86. The molecule has 0 saturated heterocycles. The van der Waals surface area contributed by atoms with Crippen LogP contribution in [0.3, 0.4) is 0 Å². The molecule has 0 unspecified atom stereocenters. The number of imidazole rings is 1. The highest BCUT2D eigenvalue weighted by atomic mass is 19.4. The standard InChI is InChI=1S/C23H15F4N5O/c1-31-19-11-29-18-6-2-12(13-3-7-20(28)30-10-13)8-15(18)21(19)32(22(31)33)14-4-5-17(24)16(9-14)23(25,26)27/h2-11H,1H3,(H2,28,30). The van der Waals surface area contributed by atoms with Gasteiger partial charge in [0.05, 0.1) is 34.0 Å². The highest BCUT2D eigenvalue weighted by Crippen LogP contribution is 2.34. The summed E-state index contributed by atoms with van der Waals surface area (Å²) in [6, 6.07) is 11.3. The lowest BCUT2D eigenvalue weighted by Crippen LogP contribution is -2.21. The number of nitrogens with zero attached hydrogens (tertiary/aromatic N) is 4. The van der Waals surface area contributed by atoms with Crippen LogP contribution >= 0.6 is 0 Å². The largest absolute Gasteiger partial charge is 0.419 e. The second-order valence-corrected chi connectivity index (χ2v) is 7.53. The molecule has 2 N–H and O–H groups in total. The van der Waals surface area contributed by atoms with Crippen LogP contribution in [0.1, 0.15) is 5.56 Å². The van der Waals surface area contributed by atoms with E-state index >= 15 is 0 Å². The molecule has 3 heterocycles. The van der Waals surface area contributed by atoms with E-state index in [1.807, 2.05) is 6.07 Å². The van der Waals surface area contributed by atoms with Gasteiger partial charge in [0, 0.05) is 24.2 Å². The Morgan fingerprint density at radius 1 is 0.939 bits per heavy atom. The number of alkyl halides is 3. The Morgan fingerprint density at radius 2 is 1.70 bits per heavy atom. The summed E-state index contributed by atoms with van der Waals surface area (Å²) in [7, 11) is 1.50. The molecule has 0 radical (unpaired) electrons. The summed E-state index contributed by atoms with van der Waals surface area (Å²) in [5.41, 5.74) is 6.34. The molecule has 0 spiro atoms. The van der Waals surface area contributed by atoms with Crippen molar-refractivity contribution in [2.75, 3.05) is 5.73 Å². The molecule has 6 nitrogen and oxygen atoms in total. The molecule has 0 saturated carbocycles. The third-order valence-electron chi connectivity index (χ3n) is 5.52. The normalized spacial score (nSPS) is 12.0. The summed E-state index contributed by atoms with van der Waals surface area (Å²) in [4.78, 5) is 21.5. The van der Waals surface area contributed by atoms with Gasteiger partial charge < -0.3 is 5.73 Å². The van der Waals surface area contributed by atoms with E-state index in [0.717, 1.165) is 21.8 Å². The molecule has 0 aliphatic carbocycles. The van der Waals surface area contributed by atoms with E-state index in [1.165, 1.54) is 17.8 Å². The van der Waals surface area contributed by atoms with Gasteiger partial charge in [-0.05, 0) is 48.0 Å². The fraction of sp³-hybridized carbons (Fsp3) is 0.0870. The van der Waals surface area contributed by atoms with Gasteiger partial charge in [-0.3, -0.25) is 14.1 Å². The number of anilines is 1. The summed E-state index contributed by atoms with van der Waals surface area (Å²) in [6.07, 6.45) is -1.83. The molecule has 5 rings (SSSR count). The van der Waals surface area contributed by atoms with Crippen LogP contribution in [0.5, 0.6) is 0 Å². The van der Waals surface area contributed by atoms with Crippen LogP contribution in [0, 0.1) is 5.82 Å². The van der Waals surface area contributed by atoms with Crippen molar-refractivity contribution in [3.63, 3.8) is 0 Å². The summed E-state index contributed by atoms with van der Waals surface area (Å²) in [5.74, 6) is -1.05. The van der Waals surface area contributed by atoms with Crippen LogP contribution in [-0.4, -0.2) is 19.1 Å². The number of halogens is 4. The maximum atomic E-state index is 13.9. The minimum absolute atomic E-state index is 0.105. The number of hydrogen-bond donors (Lipinski definition) is 1. The molecule has 33 heavy (non-hydrogen) atoms. The summed E-state index contributed by atoms with van der Waals surface area (Å²) < 4.78 is 56.3. The van der Waals surface area contributed by atoms with Gasteiger partial charge in [-0.25, -0.2) is 14.2 Å². The smallest absolute Gasteiger partial charge is 0.384 e. The molecule has 0 amide bonds. The molecular weight excluding hydrogens is 438 g/mol. The number of fused-ring (bicyclic) bond motifs is 3. The topological polar surface area (TPSA) is 78.7 Å². The first-order valence-corrected chi connectivity index (χ1v) is 9.74. The van der Waals surface area contributed by atoms with Crippen molar-refractivity contribution in [2.45, 2.75) is 6.18 Å². The number of rotatable bonds is 2. The number of nitrogen functional groups attached to an aromatic ring is 1. The lowest BCUT2D eigenvalue weighted by Gasteiger charge is -2.12. The molecule has 0 fully saturated rings. The SMILES string of the molecule is Cn1c(=O)n(-c2ccc(F)c(C(F)(F)F)c2)c2c3cc(-c4ccc(N)nc4)ccc3ncc21.